The van der Waals surface area contributed by atoms with Crippen LogP contribution in [0.25, 0.3) is 5.57 Å². The minimum absolute atomic E-state index is 0.511. The molecule has 104 valence electrons. The largest absolute Gasteiger partial charge is 0.192 e. The van der Waals surface area contributed by atoms with Gasteiger partial charge in [-0.05, 0) is 54.2 Å². The summed E-state index contributed by atoms with van der Waals surface area (Å²) >= 11 is 7.52. The minimum atomic E-state index is 0.511. The van der Waals surface area contributed by atoms with E-state index in [0.29, 0.717) is 5.92 Å². The van der Waals surface area contributed by atoms with Crippen molar-refractivity contribution < 1.29 is 0 Å². The summed E-state index contributed by atoms with van der Waals surface area (Å²) in [7, 11) is 0. The van der Waals surface area contributed by atoms with Crippen LogP contribution < -0.4 is 0 Å². The van der Waals surface area contributed by atoms with Crippen molar-refractivity contribution in [3.63, 3.8) is 0 Å². The van der Waals surface area contributed by atoms with Crippen LogP contribution in [0.2, 0.25) is 5.02 Å². The molecule has 0 amide bonds. The predicted octanol–water partition coefficient (Wildman–Crippen LogP) is 5.78. The summed E-state index contributed by atoms with van der Waals surface area (Å²) in [6, 6.07) is 20.3. The van der Waals surface area contributed by atoms with E-state index in [1.54, 1.807) is 11.8 Å². The van der Waals surface area contributed by atoms with Gasteiger partial charge in [0.05, 0.1) is 4.91 Å². The molecule has 0 heterocycles. The molecule has 0 atom stereocenters. The Morgan fingerprint density at radius 1 is 1.05 bits per heavy atom. The average molecular weight is 312 g/mol. The second-order valence-corrected chi connectivity index (χ2v) is 6.57. The van der Waals surface area contributed by atoms with Gasteiger partial charge in [0.25, 0.3) is 0 Å². The third-order valence-corrected chi connectivity index (χ3v) is 4.73. The van der Waals surface area contributed by atoms with Crippen LogP contribution in [0, 0.1) is 17.2 Å². The monoisotopic (exact) mass is 311 g/mol. The Labute approximate surface area is 134 Å². The second kappa shape index (κ2) is 6.39. The van der Waals surface area contributed by atoms with Crippen molar-refractivity contribution in [2.75, 3.05) is 0 Å². The molecule has 2 aromatic rings. The molecule has 1 aliphatic rings. The highest BCUT2D eigenvalue weighted by Crippen LogP contribution is 2.46. The summed E-state index contributed by atoms with van der Waals surface area (Å²) in [5, 5.41) is 10.3. The van der Waals surface area contributed by atoms with E-state index in [4.69, 9.17) is 11.6 Å². The van der Waals surface area contributed by atoms with Crippen LogP contribution >= 0.6 is 23.4 Å². The van der Waals surface area contributed by atoms with Gasteiger partial charge in [0.15, 0.2) is 0 Å². The zero-order chi connectivity index (χ0) is 14.7. The molecular formula is C18H14ClNS. The second-order valence-electron chi connectivity index (χ2n) is 5.05. The molecule has 0 unspecified atom stereocenters. The van der Waals surface area contributed by atoms with E-state index in [1.807, 2.05) is 54.6 Å². The van der Waals surface area contributed by atoms with Gasteiger partial charge in [-0.25, -0.2) is 0 Å². The Morgan fingerprint density at radius 3 is 2.29 bits per heavy atom. The summed E-state index contributed by atoms with van der Waals surface area (Å²) in [5.41, 5.74) is 2.28. The third-order valence-electron chi connectivity index (χ3n) is 3.45. The quantitative estimate of drug-likeness (QED) is 0.528. The molecule has 0 saturated heterocycles. The first-order chi connectivity index (χ1) is 10.3. The summed E-state index contributed by atoms with van der Waals surface area (Å²) in [5.74, 6) is 0.511. The lowest BCUT2D eigenvalue weighted by Gasteiger charge is -2.10. The molecule has 3 heteroatoms. The van der Waals surface area contributed by atoms with Crippen molar-refractivity contribution in [2.45, 2.75) is 17.7 Å². The lowest BCUT2D eigenvalue weighted by molar-refractivity contribution is 1.14. The van der Waals surface area contributed by atoms with Gasteiger partial charge in [-0.3, -0.25) is 0 Å². The first-order valence-electron chi connectivity index (χ1n) is 6.91. The molecule has 2 aromatic carbocycles. The van der Waals surface area contributed by atoms with Gasteiger partial charge in [0.1, 0.15) is 6.07 Å². The van der Waals surface area contributed by atoms with Gasteiger partial charge in [0.2, 0.25) is 0 Å². The number of allylic oxidation sites excluding steroid dienone is 2. The van der Waals surface area contributed by atoms with Crippen molar-refractivity contribution in [1.82, 2.24) is 0 Å². The summed E-state index contributed by atoms with van der Waals surface area (Å²) in [6.07, 6.45) is 2.33. The molecule has 3 rings (SSSR count). The molecule has 0 radical (unpaired) electrons. The molecule has 0 N–H and O–H groups in total. The van der Waals surface area contributed by atoms with E-state index in [-0.39, 0.29) is 0 Å². The van der Waals surface area contributed by atoms with Gasteiger partial charge >= 0.3 is 0 Å². The molecule has 0 aromatic heterocycles. The molecule has 1 aliphatic carbocycles. The van der Waals surface area contributed by atoms with Crippen molar-refractivity contribution in [1.29, 1.82) is 5.26 Å². The number of hydrogen-bond donors (Lipinski definition) is 0. The Bertz CT molecular complexity index is 694. The average Bonchev–Trinajstić information content (AvgIpc) is 3.34. The van der Waals surface area contributed by atoms with Gasteiger partial charge in [-0.15, -0.1) is 0 Å². The summed E-state index contributed by atoms with van der Waals surface area (Å²) < 4.78 is 0. The number of benzene rings is 2. The maximum absolute atomic E-state index is 9.60. The van der Waals surface area contributed by atoms with E-state index in [9.17, 15) is 5.26 Å². The lowest BCUT2D eigenvalue weighted by Crippen LogP contribution is -1.91. The number of nitrogens with zero attached hydrogens (tertiary/aromatic N) is 1. The first kappa shape index (κ1) is 14.3. The zero-order valence-corrected chi connectivity index (χ0v) is 13.0. The van der Waals surface area contributed by atoms with Gasteiger partial charge in [-0.1, -0.05) is 53.7 Å². The highest BCUT2D eigenvalue weighted by molar-refractivity contribution is 8.03. The Balaban J connectivity index is 2.00. The van der Waals surface area contributed by atoms with Crippen LogP contribution in [-0.2, 0) is 0 Å². The van der Waals surface area contributed by atoms with Gasteiger partial charge in [0, 0.05) is 9.92 Å². The lowest BCUT2D eigenvalue weighted by atomic mass is 10.0. The fourth-order valence-electron chi connectivity index (χ4n) is 2.30. The highest BCUT2D eigenvalue weighted by atomic mass is 35.5. The predicted molar refractivity (Wildman–Crippen MR) is 89.0 cm³/mol. The Kier molecular flexibility index (Phi) is 4.34. The Morgan fingerprint density at radius 2 is 1.71 bits per heavy atom. The Hall–Kier alpha value is -1.69. The molecule has 1 nitrogen and oxygen atoms in total. The molecule has 0 bridgehead atoms. The number of hydrogen-bond acceptors (Lipinski definition) is 2. The summed E-state index contributed by atoms with van der Waals surface area (Å²) in [6.45, 7) is 0. The molecule has 21 heavy (non-hydrogen) atoms. The number of thioether (sulfide) groups is 1. The SMILES string of the molecule is N#C/C(Sc1ccccc1)=C(\c1ccc(Cl)cc1)C1CC1. The van der Waals surface area contributed by atoms with E-state index in [0.717, 1.165) is 20.4 Å². The van der Waals surface area contributed by atoms with Crippen LogP contribution in [0.4, 0.5) is 0 Å². The fraction of sp³-hybridized carbons (Fsp3) is 0.167. The summed E-state index contributed by atoms with van der Waals surface area (Å²) in [4.78, 5) is 1.90. The smallest absolute Gasteiger partial charge is 0.107 e. The zero-order valence-electron chi connectivity index (χ0n) is 11.4. The van der Waals surface area contributed by atoms with Crippen molar-refractivity contribution in [3.8, 4) is 6.07 Å². The standard InChI is InChI=1S/C18H14ClNS/c19-15-10-8-14(9-11-15)18(13-6-7-13)17(12-20)21-16-4-2-1-3-5-16/h1-5,8-11,13H,6-7H2/b18-17+. The van der Waals surface area contributed by atoms with Crippen molar-refractivity contribution in [3.05, 3.63) is 70.1 Å². The number of rotatable bonds is 4. The van der Waals surface area contributed by atoms with Crippen LogP contribution in [0.15, 0.2) is 64.4 Å². The fourth-order valence-corrected chi connectivity index (χ4v) is 3.39. The normalized spacial score (nSPS) is 15.2. The van der Waals surface area contributed by atoms with E-state index < -0.39 is 0 Å². The van der Waals surface area contributed by atoms with E-state index in [2.05, 4.69) is 6.07 Å². The molecule has 0 spiro atoms. The van der Waals surface area contributed by atoms with Crippen molar-refractivity contribution >= 4 is 28.9 Å². The minimum Gasteiger partial charge on any atom is -0.192 e. The topological polar surface area (TPSA) is 23.8 Å². The molecule has 1 fully saturated rings. The van der Waals surface area contributed by atoms with Gasteiger partial charge in [-0.2, -0.15) is 5.26 Å². The number of nitriles is 1. The van der Waals surface area contributed by atoms with Crippen molar-refractivity contribution in [2.24, 2.45) is 5.92 Å². The van der Waals surface area contributed by atoms with Crippen LogP contribution in [0.1, 0.15) is 18.4 Å². The molecule has 0 aliphatic heterocycles. The highest BCUT2D eigenvalue weighted by Gasteiger charge is 2.30. The molecular weight excluding hydrogens is 298 g/mol. The van der Waals surface area contributed by atoms with Gasteiger partial charge < -0.3 is 0 Å². The van der Waals surface area contributed by atoms with E-state index in [1.165, 1.54) is 18.4 Å². The first-order valence-corrected chi connectivity index (χ1v) is 8.10. The maximum atomic E-state index is 9.60. The molecule has 1 saturated carbocycles. The van der Waals surface area contributed by atoms with E-state index >= 15 is 0 Å². The maximum Gasteiger partial charge on any atom is 0.107 e. The third kappa shape index (κ3) is 3.50. The van der Waals surface area contributed by atoms with Crippen LogP contribution in [-0.4, -0.2) is 0 Å². The number of halogens is 1. The van der Waals surface area contributed by atoms with Crippen LogP contribution in [0.5, 0.6) is 0 Å². The van der Waals surface area contributed by atoms with Crippen LogP contribution in [0.3, 0.4) is 0 Å².